The van der Waals surface area contributed by atoms with Crippen LogP contribution in [-0.4, -0.2) is 87.7 Å². The molecule has 0 saturated carbocycles. The van der Waals surface area contributed by atoms with Gasteiger partial charge in [0.15, 0.2) is 10.9 Å². The second-order valence-corrected chi connectivity index (χ2v) is 13.6. The van der Waals surface area contributed by atoms with Gasteiger partial charge < -0.3 is 20.3 Å². The van der Waals surface area contributed by atoms with E-state index in [1.54, 1.807) is 16.7 Å². The van der Waals surface area contributed by atoms with Crippen molar-refractivity contribution in [1.82, 2.24) is 24.8 Å². The summed E-state index contributed by atoms with van der Waals surface area (Å²) in [4.78, 5) is 30.5. The number of alkyl halides is 4. The molecule has 2 aromatic carbocycles. The zero-order valence-corrected chi connectivity index (χ0v) is 26.6. The standard InChI is InChI=1S/C32H31F6N7O2S/c1-3-22(46)45-10-9-43(13-16(45)2)28-19-11-20(32(36,37)38)23(18-5-6-21(34)27-26(18)40-29(39)48-27)24(35)25(19)41-30(42-28)47-15-31-7-4-8-44(31)14-17(33)12-31/h3,5-6,11,16-17H,1,4,7-10,12-15H2,2H3,(H2,39,40). The number of hydrogen-bond donors (Lipinski definition) is 1. The molecule has 3 aliphatic heterocycles. The molecule has 3 fully saturated rings. The molecule has 0 spiro atoms. The molecule has 9 nitrogen and oxygen atoms in total. The minimum atomic E-state index is -5.06. The van der Waals surface area contributed by atoms with Crippen LogP contribution >= 0.6 is 11.3 Å². The van der Waals surface area contributed by atoms with Crippen LogP contribution in [0.4, 0.5) is 37.3 Å². The lowest BCUT2D eigenvalue weighted by Crippen LogP contribution is -2.54. The van der Waals surface area contributed by atoms with E-state index in [2.05, 4.69) is 21.5 Å². The van der Waals surface area contributed by atoms with Crippen molar-refractivity contribution in [3.05, 3.63) is 48.1 Å². The maximum Gasteiger partial charge on any atom is 0.417 e. The van der Waals surface area contributed by atoms with E-state index >= 15 is 4.39 Å². The molecule has 2 aromatic heterocycles. The lowest BCUT2D eigenvalue weighted by molar-refractivity contribution is -0.137. The molecule has 48 heavy (non-hydrogen) atoms. The van der Waals surface area contributed by atoms with Gasteiger partial charge in [-0.2, -0.15) is 23.1 Å². The number of fused-ring (bicyclic) bond motifs is 3. The van der Waals surface area contributed by atoms with Crippen molar-refractivity contribution in [3.63, 3.8) is 0 Å². The van der Waals surface area contributed by atoms with Gasteiger partial charge in [0.05, 0.1) is 21.3 Å². The van der Waals surface area contributed by atoms with Crippen LogP contribution in [0.1, 0.15) is 31.7 Å². The molecule has 7 rings (SSSR count). The van der Waals surface area contributed by atoms with Gasteiger partial charge in [0, 0.05) is 55.2 Å². The van der Waals surface area contributed by atoms with Gasteiger partial charge in [0.1, 0.15) is 29.9 Å². The number of aromatic nitrogens is 3. The van der Waals surface area contributed by atoms with Gasteiger partial charge >= 0.3 is 12.2 Å². The molecule has 4 aromatic rings. The van der Waals surface area contributed by atoms with Crippen molar-refractivity contribution >= 4 is 49.3 Å². The highest BCUT2D eigenvalue weighted by Gasteiger charge is 2.49. The Morgan fingerprint density at radius 3 is 2.69 bits per heavy atom. The minimum absolute atomic E-state index is 0.00216. The first-order chi connectivity index (χ1) is 22.8. The lowest BCUT2D eigenvalue weighted by atomic mass is 9.94. The van der Waals surface area contributed by atoms with Gasteiger partial charge in [-0.25, -0.2) is 18.2 Å². The smallest absolute Gasteiger partial charge is 0.417 e. The topological polar surface area (TPSA) is 101 Å². The SMILES string of the molecule is C=CC(=O)N1CCN(c2nc(OCC34CCCN3CC(F)C4)nc3c(F)c(-c4ccc(F)c5sc(N)nc45)c(C(F)(F)F)cc23)CC1C. The summed E-state index contributed by atoms with van der Waals surface area (Å²) < 4.78 is 96.4. The fraction of sp³-hybridized carbons (Fsp3) is 0.438. The van der Waals surface area contributed by atoms with Crippen molar-refractivity contribution < 1.29 is 35.9 Å². The molecule has 5 heterocycles. The molecule has 0 aliphatic carbocycles. The average molecular weight is 692 g/mol. The Kier molecular flexibility index (Phi) is 7.93. The zero-order valence-electron chi connectivity index (χ0n) is 25.8. The second kappa shape index (κ2) is 11.8. The van der Waals surface area contributed by atoms with Crippen LogP contribution in [0.15, 0.2) is 30.9 Å². The molecule has 16 heteroatoms. The Bertz CT molecular complexity index is 1950. The van der Waals surface area contributed by atoms with Crippen molar-refractivity contribution in [3.8, 4) is 17.1 Å². The van der Waals surface area contributed by atoms with Gasteiger partial charge in [0.25, 0.3) is 0 Å². The van der Waals surface area contributed by atoms with Crippen LogP contribution in [0.5, 0.6) is 6.01 Å². The molecule has 3 unspecified atom stereocenters. The maximum atomic E-state index is 16.9. The van der Waals surface area contributed by atoms with E-state index in [1.165, 1.54) is 6.08 Å². The van der Waals surface area contributed by atoms with Crippen molar-refractivity contribution in [2.75, 3.05) is 50.0 Å². The number of piperazine rings is 1. The van der Waals surface area contributed by atoms with Gasteiger partial charge in [0.2, 0.25) is 5.91 Å². The Balaban J connectivity index is 1.41. The van der Waals surface area contributed by atoms with Crippen LogP contribution in [0.2, 0.25) is 0 Å². The van der Waals surface area contributed by atoms with E-state index in [-0.39, 0.29) is 83.2 Å². The number of hydrogen-bond acceptors (Lipinski definition) is 9. The van der Waals surface area contributed by atoms with Crippen LogP contribution in [0.25, 0.3) is 32.2 Å². The van der Waals surface area contributed by atoms with Gasteiger partial charge in [-0.05, 0) is 50.6 Å². The third-order valence-corrected chi connectivity index (χ3v) is 10.5. The number of nitrogens with two attached hydrogens (primary N) is 1. The van der Waals surface area contributed by atoms with E-state index in [4.69, 9.17) is 10.5 Å². The number of benzene rings is 2. The summed E-state index contributed by atoms with van der Waals surface area (Å²) >= 11 is 0.735. The largest absolute Gasteiger partial charge is 0.461 e. The molecule has 3 aliphatic rings. The average Bonchev–Trinajstić information content (AvgIpc) is 3.71. The van der Waals surface area contributed by atoms with Crippen molar-refractivity contribution in [2.24, 2.45) is 0 Å². The molecule has 3 atom stereocenters. The van der Waals surface area contributed by atoms with Crippen molar-refractivity contribution in [1.29, 1.82) is 0 Å². The van der Waals surface area contributed by atoms with E-state index in [0.717, 1.165) is 36.0 Å². The summed E-state index contributed by atoms with van der Waals surface area (Å²) in [5.41, 5.74) is 2.01. The van der Waals surface area contributed by atoms with Crippen LogP contribution in [0, 0.1) is 11.6 Å². The number of carbonyl (C=O) groups excluding carboxylic acids is 1. The summed E-state index contributed by atoms with van der Waals surface area (Å²) in [6.45, 7) is 6.80. The number of halogens is 6. The molecular formula is C32H31F6N7O2S. The fourth-order valence-corrected chi connectivity index (χ4v) is 8.18. The Morgan fingerprint density at radius 1 is 1.17 bits per heavy atom. The molecular weight excluding hydrogens is 660 g/mol. The summed E-state index contributed by atoms with van der Waals surface area (Å²) in [7, 11) is 0. The predicted molar refractivity (Wildman–Crippen MR) is 170 cm³/mol. The summed E-state index contributed by atoms with van der Waals surface area (Å²) in [5, 5.41) is -0.328. The normalized spacial score (nSPS) is 23.3. The molecule has 3 saturated heterocycles. The van der Waals surface area contributed by atoms with E-state index < -0.39 is 52.2 Å². The molecule has 0 radical (unpaired) electrons. The summed E-state index contributed by atoms with van der Waals surface area (Å²) in [6.07, 6.45) is -3.14. The molecule has 1 amide bonds. The Hall–Kier alpha value is -4.18. The summed E-state index contributed by atoms with van der Waals surface area (Å²) in [6, 6.07) is 2.08. The third kappa shape index (κ3) is 5.38. The molecule has 2 N–H and O–H groups in total. The predicted octanol–water partition coefficient (Wildman–Crippen LogP) is 5.96. The number of anilines is 2. The van der Waals surface area contributed by atoms with E-state index in [0.29, 0.717) is 13.0 Å². The highest BCUT2D eigenvalue weighted by molar-refractivity contribution is 7.22. The Morgan fingerprint density at radius 2 is 1.96 bits per heavy atom. The van der Waals surface area contributed by atoms with Gasteiger partial charge in [-0.3, -0.25) is 9.69 Å². The lowest BCUT2D eigenvalue weighted by Gasteiger charge is -2.40. The quantitative estimate of drug-likeness (QED) is 0.195. The van der Waals surface area contributed by atoms with Gasteiger partial charge in [-0.15, -0.1) is 0 Å². The first-order valence-corrected chi connectivity index (χ1v) is 16.3. The van der Waals surface area contributed by atoms with Crippen LogP contribution in [-0.2, 0) is 11.0 Å². The van der Waals surface area contributed by atoms with Gasteiger partial charge in [-0.1, -0.05) is 17.9 Å². The number of rotatable bonds is 6. The highest BCUT2D eigenvalue weighted by Crippen LogP contribution is 2.46. The van der Waals surface area contributed by atoms with E-state index in [1.807, 2.05) is 4.90 Å². The van der Waals surface area contributed by atoms with E-state index in [9.17, 15) is 26.7 Å². The zero-order chi connectivity index (χ0) is 34.1. The number of amides is 1. The number of thiazole rings is 1. The Labute approximate surface area is 275 Å². The van der Waals surface area contributed by atoms with Crippen LogP contribution < -0.4 is 15.4 Å². The molecule has 0 bridgehead atoms. The monoisotopic (exact) mass is 691 g/mol. The number of ether oxygens (including phenoxy) is 1. The minimum Gasteiger partial charge on any atom is -0.461 e. The van der Waals surface area contributed by atoms with Crippen LogP contribution in [0.3, 0.4) is 0 Å². The third-order valence-electron chi connectivity index (χ3n) is 9.59. The number of carbonyl (C=O) groups is 1. The fourth-order valence-electron chi connectivity index (χ4n) is 7.42. The number of nitrogen functional groups attached to an aromatic ring is 1. The maximum absolute atomic E-state index is 16.9. The highest BCUT2D eigenvalue weighted by atomic mass is 32.1. The first kappa shape index (κ1) is 32.4. The number of nitrogens with zero attached hydrogens (tertiary/aromatic N) is 6. The van der Waals surface area contributed by atoms with Crippen molar-refractivity contribution in [2.45, 2.75) is 50.1 Å². The first-order valence-electron chi connectivity index (χ1n) is 15.5. The summed E-state index contributed by atoms with van der Waals surface area (Å²) in [5.74, 6) is -2.40. The second-order valence-electron chi connectivity index (χ2n) is 12.6. The molecule has 254 valence electrons.